The van der Waals surface area contributed by atoms with E-state index in [0.29, 0.717) is 5.69 Å². The second-order valence-corrected chi connectivity index (χ2v) is 5.83. The van der Waals surface area contributed by atoms with Crippen LogP contribution in [0.25, 0.3) is 0 Å². The highest BCUT2D eigenvalue weighted by atomic mass is 32.2. The molecule has 1 aromatic carbocycles. The van der Waals surface area contributed by atoms with Gasteiger partial charge in [0.15, 0.2) is 0 Å². The quantitative estimate of drug-likeness (QED) is 0.853. The van der Waals surface area contributed by atoms with Gasteiger partial charge in [0.05, 0.1) is 6.26 Å². The third-order valence-electron chi connectivity index (χ3n) is 2.59. The molecule has 1 radical (unpaired) electrons. The van der Waals surface area contributed by atoms with Crippen LogP contribution in [-0.2, 0) is 10.0 Å². The minimum absolute atomic E-state index is 0.595. The van der Waals surface area contributed by atoms with E-state index in [1.165, 1.54) is 0 Å². The van der Waals surface area contributed by atoms with Crippen LogP contribution in [0.1, 0.15) is 0 Å². The first kappa shape index (κ1) is 12.2. The Balaban J connectivity index is 2.07. The number of nitrogens with one attached hydrogen (secondary N) is 1. The molecule has 5 nitrogen and oxygen atoms in total. The van der Waals surface area contributed by atoms with E-state index in [2.05, 4.69) is 14.9 Å². The van der Waals surface area contributed by atoms with Gasteiger partial charge in [-0.15, -0.1) is 0 Å². The molecule has 0 unspecified atom stereocenters. The molecule has 1 heterocycles. The summed E-state index contributed by atoms with van der Waals surface area (Å²) in [5.41, 5.74) is 1.71. The number of nitrogens with zero attached hydrogens (tertiary/aromatic N) is 2. The van der Waals surface area contributed by atoms with Crippen LogP contribution in [0.15, 0.2) is 24.3 Å². The molecule has 2 rings (SSSR count). The highest BCUT2D eigenvalue weighted by Gasteiger charge is 2.11. The van der Waals surface area contributed by atoms with Crippen molar-refractivity contribution in [3.8, 4) is 0 Å². The fourth-order valence-electron chi connectivity index (χ4n) is 1.82. The van der Waals surface area contributed by atoms with Crippen LogP contribution >= 0.6 is 0 Å². The molecule has 1 fully saturated rings. The summed E-state index contributed by atoms with van der Waals surface area (Å²) < 4.78 is 24.6. The zero-order valence-electron chi connectivity index (χ0n) is 9.76. The Labute approximate surface area is 102 Å². The lowest BCUT2D eigenvalue weighted by atomic mass is 10.2. The van der Waals surface area contributed by atoms with Gasteiger partial charge >= 0.3 is 0 Å². The number of benzene rings is 1. The van der Waals surface area contributed by atoms with E-state index in [4.69, 9.17) is 0 Å². The van der Waals surface area contributed by atoms with E-state index in [9.17, 15) is 8.42 Å². The molecular formula is C11H16N3O2S. The van der Waals surface area contributed by atoms with Crippen molar-refractivity contribution in [1.29, 1.82) is 0 Å². The fraction of sp³-hybridized carbons (Fsp3) is 0.455. The van der Waals surface area contributed by atoms with E-state index in [-0.39, 0.29) is 0 Å². The SMILES string of the molecule is CS(=O)(=O)Nc1ccc(N2CC[N]CC2)cc1. The van der Waals surface area contributed by atoms with Gasteiger partial charge in [0.25, 0.3) is 0 Å². The van der Waals surface area contributed by atoms with Gasteiger partial charge in [0.1, 0.15) is 0 Å². The van der Waals surface area contributed by atoms with Crippen LogP contribution in [0.2, 0.25) is 0 Å². The lowest BCUT2D eigenvalue weighted by Gasteiger charge is -2.28. The van der Waals surface area contributed by atoms with Crippen molar-refractivity contribution in [3.05, 3.63) is 24.3 Å². The van der Waals surface area contributed by atoms with Gasteiger partial charge in [-0.25, -0.2) is 13.7 Å². The van der Waals surface area contributed by atoms with Gasteiger partial charge in [0.2, 0.25) is 10.0 Å². The molecule has 93 valence electrons. The van der Waals surface area contributed by atoms with E-state index in [0.717, 1.165) is 38.1 Å². The molecule has 0 bridgehead atoms. The number of rotatable bonds is 3. The Morgan fingerprint density at radius 3 is 2.29 bits per heavy atom. The van der Waals surface area contributed by atoms with Crippen molar-refractivity contribution in [2.75, 3.05) is 42.1 Å². The third-order valence-corrected chi connectivity index (χ3v) is 3.20. The molecule has 0 spiro atoms. The van der Waals surface area contributed by atoms with Gasteiger partial charge in [-0.3, -0.25) is 4.72 Å². The first-order chi connectivity index (χ1) is 8.04. The number of piperazine rings is 1. The molecule has 1 N–H and O–H groups in total. The highest BCUT2D eigenvalue weighted by Crippen LogP contribution is 2.18. The lowest BCUT2D eigenvalue weighted by Crippen LogP contribution is -2.40. The molecule has 0 saturated carbocycles. The van der Waals surface area contributed by atoms with Crippen molar-refractivity contribution in [2.24, 2.45) is 0 Å². The Hall–Kier alpha value is -1.27. The molecule has 17 heavy (non-hydrogen) atoms. The minimum Gasteiger partial charge on any atom is -0.369 e. The smallest absolute Gasteiger partial charge is 0.229 e. The van der Waals surface area contributed by atoms with E-state index in [1.54, 1.807) is 12.1 Å². The summed E-state index contributed by atoms with van der Waals surface area (Å²) in [4.78, 5) is 2.25. The van der Waals surface area contributed by atoms with Crippen LogP contribution in [0.3, 0.4) is 0 Å². The van der Waals surface area contributed by atoms with Crippen molar-refractivity contribution in [3.63, 3.8) is 0 Å². The normalized spacial score (nSPS) is 16.9. The van der Waals surface area contributed by atoms with Gasteiger partial charge in [-0.2, -0.15) is 0 Å². The fourth-order valence-corrected chi connectivity index (χ4v) is 2.38. The van der Waals surface area contributed by atoms with Crippen molar-refractivity contribution < 1.29 is 8.42 Å². The first-order valence-electron chi connectivity index (χ1n) is 5.51. The average molecular weight is 254 g/mol. The summed E-state index contributed by atoms with van der Waals surface area (Å²) in [6.07, 6.45) is 1.15. The molecule has 0 aromatic heterocycles. The van der Waals surface area contributed by atoms with E-state index in [1.807, 2.05) is 12.1 Å². The number of hydrogen-bond donors (Lipinski definition) is 1. The average Bonchev–Trinajstić information content (AvgIpc) is 2.29. The van der Waals surface area contributed by atoms with Crippen molar-refractivity contribution in [2.45, 2.75) is 0 Å². The van der Waals surface area contributed by atoms with Gasteiger partial charge in [-0.1, -0.05) is 0 Å². The van der Waals surface area contributed by atoms with Crippen LogP contribution in [-0.4, -0.2) is 40.9 Å². The summed E-state index contributed by atoms with van der Waals surface area (Å²) in [6, 6.07) is 7.42. The molecule has 0 amide bonds. The van der Waals surface area contributed by atoms with Gasteiger partial charge in [-0.05, 0) is 24.3 Å². The summed E-state index contributed by atoms with van der Waals surface area (Å²) in [5, 5.41) is 4.29. The predicted octanol–water partition coefficient (Wildman–Crippen LogP) is 0.482. The standard InChI is InChI=1S/C11H16N3O2S/c1-17(15,16)13-10-2-4-11(5-3-10)14-8-6-12-7-9-14/h2-5,13H,6-9H2,1H3. The van der Waals surface area contributed by atoms with Crippen LogP contribution in [0, 0.1) is 0 Å². The minimum atomic E-state index is -3.19. The maximum atomic E-state index is 11.1. The monoisotopic (exact) mass is 254 g/mol. The van der Waals surface area contributed by atoms with Crippen LogP contribution < -0.4 is 14.9 Å². The van der Waals surface area contributed by atoms with Gasteiger partial charge < -0.3 is 4.90 Å². The lowest BCUT2D eigenvalue weighted by molar-refractivity contribution is 0.579. The van der Waals surface area contributed by atoms with Crippen LogP contribution in [0.4, 0.5) is 11.4 Å². The third kappa shape index (κ3) is 3.61. The number of anilines is 2. The summed E-state index contributed by atoms with van der Waals surface area (Å²) in [6.45, 7) is 3.59. The van der Waals surface area contributed by atoms with Gasteiger partial charge in [0, 0.05) is 37.6 Å². The summed E-state index contributed by atoms with van der Waals surface area (Å²) >= 11 is 0. The largest absolute Gasteiger partial charge is 0.369 e. The predicted molar refractivity (Wildman–Crippen MR) is 69.0 cm³/mol. The summed E-state index contributed by atoms with van der Waals surface area (Å²) in [7, 11) is -3.19. The summed E-state index contributed by atoms with van der Waals surface area (Å²) in [5.74, 6) is 0. The molecule has 1 aromatic rings. The van der Waals surface area contributed by atoms with Crippen molar-refractivity contribution in [1.82, 2.24) is 5.32 Å². The maximum Gasteiger partial charge on any atom is 0.229 e. The first-order valence-corrected chi connectivity index (χ1v) is 7.40. The Bertz CT molecular complexity index is 464. The second-order valence-electron chi connectivity index (χ2n) is 4.08. The molecule has 1 aliphatic rings. The molecule has 6 heteroatoms. The van der Waals surface area contributed by atoms with Crippen LogP contribution in [0.5, 0.6) is 0 Å². The van der Waals surface area contributed by atoms with Crippen molar-refractivity contribution >= 4 is 21.4 Å². The zero-order valence-corrected chi connectivity index (χ0v) is 10.6. The maximum absolute atomic E-state index is 11.1. The number of hydrogen-bond acceptors (Lipinski definition) is 3. The van der Waals surface area contributed by atoms with E-state index >= 15 is 0 Å². The molecule has 0 aliphatic carbocycles. The highest BCUT2D eigenvalue weighted by molar-refractivity contribution is 7.92. The molecule has 0 atom stereocenters. The second kappa shape index (κ2) is 4.93. The Kier molecular flexibility index (Phi) is 3.54. The van der Waals surface area contributed by atoms with E-state index < -0.39 is 10.0 Å². The molecular weight excluding hydrogens is 238 g/mol. The molecule has 1 saturated heterocycles. The Morgan fingerprint density at radius 2 is 1.76 bits per heavy atom. The number of sulfonamides is 1. The topological polar surface area (TPSA) is 63.5 Å². The molecule has 1 aliphatic heterocycles. The Morgan fingerprint density at radius 1 is 1.18 bits per heavy atom. The zero-order chi connectivity index (χ0) is 12.3.